The molecule has 1 aromatic rings. The minimum absolute atomic E-state index is 0.0292. The standard InChI is InChI=1S/C16H19ClO2/c1-10(18)12-4-5-16(15(17)8-12)19-9-14-7-11-2-3-13(14)6-11/h4-5,8,11,13-14H,2-3,6-7,9H2,1H3. The van der Waals surface area contributed by atoms with Crippen molar-refractivity contribution >= 4 is 17.4 Å². The Labute approximate surface area is 119 Å². The van der Waals surface area contributed by atoms with Gasteiger partial charge in [0.05, 0.1) is 11.6 Å². The SMILES string of the molecule is CC(=O)c1ccc(OCC2CC3CCC2C3)c(Cl)c1. The average Bonchev–Trinajstić information content (AvgIpc) is 2.99. The number of Topliss-reactive ketones (excluding diaryl/α,β-unsaturated/α-hetero) is 1. The molecule has 2 fully saturated rings. The van der Waals surface area contributed by atoms with Crippen LogP contribution in [0.25, 0.3) is 0 Å². The first-order chi connectivity index (χ1) is 9.13. The summed E-state index contributed by atoms with van der Waals surface area (Å²) in [6, 6.07) is 5.29. The summed E-state index contributed by atoms with van der Waals surface area (Å²) in [5.41, 5.74) is 0.636. The molecule has 0 N–H and O–H groups in total. The van der Waals surface area contributed by atoms with Crippen LogP contribution >= 0.6 is 11.6 Å². The number of rotatable bonds is 4. The zero-order valence-corrected chi connectivity index (χ0v) is 12.0. The molecule has 0 saturated heterocycles. The first-order valence-corrected chi connectivity index (χ1v) is 7.44. The predicted molar refractivity (Wildman–Crippen MR) is 75.9 cm³/mol. The van der Waals surface area contributed by atoms with Crippen LogP contribution in [-0.2, 0) is 0 Å². The van der Waals surface area contributed by atoms with Crippen molar-refractivity contribution in [3.8, 4) is 5.75 Å². The van der Waals surface area contributed by atoms with Crippen LogP contribution in [-0.4, -0.2) is 12.4 Å². The van der Waals surface area contributed by atoms with Crippen molar-refractivity contribution in [2.24, 2.45) is 17.8 Å². The number of hydrogen-bond donors (Lipinski definition) is 0. The number of carbonyl (C=O) groups excluding carboxylic acids is 1. The van der Waals surface area contributed by atoms with Gasteiger partial charge in [-0.05, 0) is 62.1 Å². The number of ketones is 1. The van der Waals surface area contributed by atoms with Gasteiger partial charge < -0.3 is 4.74 Å². The highest BCUT2D eigenvalue weighted by Crippen LogP contribution is 2.48. The van der Waals surface area contributed by atoms with E-state index in [1.54, 1.807) is 19.1 Å². The van der Waals surface area contributed by atoms with E-state index in [1.165, 1.54) is 25.7 Å². The van der Waals surface area contributed by atoms with Gasteiger partial charge in [-0.15, -0.1) is 0 Å². The van der Waals surface area contributed by atoms with Crippen LogP contribution in [0.3, 0.4) is 0 Å². The van der Waals surface area contributed by atoms with Crippen molar-refractivity contribution < 1.29 is 9.53 Å². The van der Waals surface area contributed by atoms with Crippen LogP contribution in [0.4, 0.5) is 0 Å². The van der Waals surface area contributed by atoms with Gasteiger partial charge in [0.2, 0.25) is 0 Å². The van der Waals surface area contributed by atoms with Gasteiger partial charge in [0, 0.05) is 5.56 Å². The van der Waals surface area contributed by atoms with Gasteiger partial charge in [-0.1, -0.05) is 18.0 Å². The number of halogens is 1. The Morgan fingerprint density at radius 2 is 2.21 bits per heavy atom. The lowest BCUT2D eigenvalue weighted by molar-refractivity contribution is 0.101. The van der Waals surface area contributed by atoms with Crippen LogP contribution in [0.5, 0.6) is 5.75 Å². The molecule has 2 nitrogen and oxygen atoms in total. The third kappa shape index (κ3) is 2.64. The van der Waals surface area contributed by atoms with Crippen LogP contribution in [0.2, 0.25) is 5.02 Å². The highest BCUT2D eigenvalue weighted by Gasteiger charge is 2.39. The number of hydrogen-bond acceptors (Lipinski definition) is 2. The molecule has 19 heavy (non-hydrogen) atoms. The van der Waals surface area contributed by atoms with E-state index in [9.17, 15) is 4.79 Å². The molecule has 0 aromatic heterocycles. The first-order valence-electron chi connectivity index (χ1n) is 7.07. The maximum Gasteiger partial charge on any atom is 0.159 e. The molecule has 0 heterocycles. The second-order valence-electron chi connectivity index (χ2n) is 5.95. The molecule has 2 aliphatic rings. The molecule has 3 rings (SSSR count). The molecule has 1 aromatic carbocycles. The Balaban J connectivity index is 1.62. The molecule has 2 saturated carbocycles. The van der Waals surface area contributed by atoms with Gasteiger partial charge in [0.25, 0.3) is 0 Å². The maximum atomic E-state index is 11.3. The highest BCUT2D eigenvalue weighted by molar-refractivity contribution is 6.32. The van der Waals surface area contributed by atoms with Gasteiger partial charge in [0.15, 0.2) is 5.78 Å². The fourth-order valence-corrected chi connectivity index (χ4v) is 3.85. The highest BCUT2D eigenvalue weighted by atomic mass is 35.5. The predicted octanol–water partition coefficient (Wildman–Crippen LogP) is 4.36. The fraction of sp³-hybridized carbons (Fsp3) is 0.562. The fourth-order valence-electron chi connectivity index (χ4n) is 3.61. The molecule has 0 spiro atoms. The maximum absolute atomic E-state index is 11.3. The van der Waals surface area contributed by atoms with E-state index in [-0.39, 0.29) is 5.78 Å². The molecule has 3 unspecified atom stereocenters. The average molecular weight is 279 g/mol. The van der Waals surface area contributed by atoms with Crippen LogP contribution in [0.1, 0.15) is 43.0 Å². The Morgan fingerprint density at radius 3 is 2.79 bits per heavy atom. The summed E-state index contributed by atoms with van der Waals surface area (Å²) in [7, 11) is 0. The smallest absolute Gasteiger partial charge is 0.159 e. The zero-order chi connectivity index (χ0) is 13.4. The summed E-state index contributed by atoms with van der Waals surface area (Å²) in [6.07, 6.45) is 5.49. The van der Waals surface area contributed by atoms with E-state index < -0.39 is 0 Å². The van der Waals surface area contributed by atoms with Crippen LogP contribution in [0.15, 0.2) is 18.2 Å². The summed E-state index contributed by atoms with van der Waals surface area (Å²) < 4.78 is 5.86. The zero-order valence-electron chi connectivity index (χ0n) is 11.2. The van der Waals surface area contributed by atoms with E-state index in [2.05, 4.69) is 0 Å². The summed E-state index contributed by atoms with van der Waals surface area (Å²) in [6.45, 7) is 2.31. The number of benzene rings is 1. The molecule has 2 aliphatic carbocycles. The quantitative estimate of drug-likeness (QED) is 0.765. The van der Waals surface area contributed by atoms with Crippen molar-refractivity contribution in [2.45, 2.75) is 32.6 Å². The Bertz CT molecular complexity index is 498. The van der Waals surface area contributed by atoms with Gasteiger partial charge in [-0.3, -0.25) is 4.79 Å². The summed E-state index contributed by atoms with van der Waals surface area (Å²) in [5, 5.41) is 0.538. The minimum Gasteiger partial charge on any atom is -0.492 e. The number of ether oxygens (including phenoxy) is 1. The van der Waals surface area contributed by atoms with E-state index in [0.717, 1.165) is 18.4 Å². The lowest BCUT2D eigenvalue weighted by atomic mass is 9.89. The van der Waals surface area contributed by atoms with E-state index in [1.807, 2.05) is 6.07 Å². The summed E-state index contributed by atoms with van der Waals surface area (Å²) in [5.74, 6) is 3.23. The van der Waals surface area contributed by atoms with Gasteiger partial charge in [-0.25, -0.2) is 0 Å². The van der Waals surface area contributed by atoms with Gasteiger partial charge in [0.1, 0.15) is 5.75 Å². The molecular weight excluding hydrogens is 260 g/mol. The van der Waals surface area contributed by atoms with Crippen molar-refractivity contribution in [3.05, 3.63) is 28.8 Å². The Hall–Kier alpha value is -1.02. The number of carbonyl (C=O) groups is 1. The molecule has 2 bridgehead atoms. The lowest BCUT2D eigenvalue weighted by Crippen LogP contribution is -2.18. The topological polar surface area (TPSA) is 26.3 Å². The van der Waals surface area contributed by atoms with Gasteiger partial charge >= 0.3 is 0 Å². The van der Waals surface area contributed by atoms with Crippen molar-refractivity contribution in [1.82, 2.24) is 0 Å². The molecule has 0 amide bonds. The normalized spacial score (nSPS) is 28.6. The van der Waals surface area contributed by atoms with Gasteiger partial charge in [-0.2, -0.15) is 0 Å². The molecular formula is C16H19ClO2. The molecule has 3 atom stereocenters. The third-order valence-electron chi connectivity index (χ3n) is 4.68. The van der Waals surface area contributed by atoms with Crippen LogP contribution in [0, 0.1) is 17.8 Å². The Kier molecular flexibility index (Phi) is 3.53. The lowest BCUT2D eigenvalue weighted by Gasteiger charge is -2.22. The van der Waals surface area contributed by atoms with Crippen molar-refractivity contribution in [1.29, 1.82) is 0 Å². The van der Waals surface area contributed by atoms with E-state index >= 15 is 0 Å². The van der Waals surface area contributed by atoms with Crippen molar-refractivity contribution in [3.63, 3.8) is 0 Å². The molecule has 0 aliphatic heterocycles. The number of fused-ring (bicyclic) bond motifs is 2. The molecule has 3 heteroatoms. The van der Waals surface area contributed by atoms with E-state index in [4.69, 9.17) is 16.3 Å². The van der Waals surface area contributed by atoms with Crippen LogP contribution < -0.4 is 4.74 Å². The first kappa shape index (κ1) is 13.0. The minimum atomic E-state index is 0.0292. The molecule has 102 valence electrons. The Morgan fingerprint density at radius 1 is 1.37 bits per heavy atom. The molecule has 0 radical (unpaired) electrons. The van der Waals surface area contributed by atoms with Crippen molar-refractivity contribution in [2.75, 3.05) is 6.61 Å². The third-order valence-corrected chi connectivity index (χ3v) is 4.97. The summed E-state index contributed by atoms with van der Waals surface area (Å²) >= 11 is 6.16. The monoisotopic (exact) mass is 278 g/mol. The van der Waals surface area contributed by atoms with E-state index in [0.29, 0.717) is 22.3 Å². The largest absolute Gasteiger partial charge is 0.492 e. The second kappa shape index (κ2) is 5.16. The second-order valence-corrected chi connectivity index (χ2v) is 6.35. The summed E-state index contributed by atoms with van der Waals surface area (Å²) in [4.78, 5) is 11.3.